The molecule has 0 radical (unpaired) electrons. The van der Waals surface area contributed by atoms with Crippen molar-refractivity contribution in [2.24, 2.45) is 17.6 Å². The van der Waals surface area contributed by atoms with Gasteiger partial charge < -0.3 is 10.5 Å². The van der Waals surface area contributed by atoms with Gasteiger partial charge in [0, 0.05) is 6.42 Å². The van der Waals surface area contributed by atoms with Crippen LogP contribution in [0, 0.1) is 11.8 Å². The van der Waals surface area contributed by atoms with Gasteiger partial charge in [0.15, 0.2) is 0 Å². The van der Waals surface area contributed by atoms with Crippen LogP contribution >= 0.6 is 12.4 Å². The molecular formula is C14H24ClNO2. The van der Waals surface area contributed by atoms with Crippen molar-refractivity contribution in [2.45, 2.75) is 39.7 Å². The van der Waals surface area contributed by atoms with Gasteiger partial charge in [0.2, 0.25) is 0 Å². The molecule has 1 aliphatic carbocycles. The molecule has 4 heteroatoms. The summed E-state index contributed by atoms with van der Waals surface area (Å²) in [6.07, 6.45) is 6.85. The Morgan fingerprint density at radius 2 is 2.06 bits per heavy atom. The molecule has 1 unspecified atom stereocenters. The highest BCUT2D eigenvalue weighted by atomic mass is 35.5. The number of halogens is 1. The standard InChI is InChI=1S/C14H23NO2.ClH/c1-10(2)12-6-5-7-14(8-12,11(3)4)17-13(16)9-15;/h5-7,10-11H,8-9,15H2,1-4H3;1H. The van der Waals surface area contributed by atoms with Crippen LogP contribution in [0.3, 0.4) is 0 Å². The summed E-state index contributed by atoms with van der Waals surface area (Å²) in [5.74, 6) is 0.361. The van der Waals surface area contributed by atoms with Crippen LogP contribution in [0.4, 0.5) is 0 Å². The van der Waals surface area contributed by atoms with E-state index in [2.05, 4.69) is 33.8 Å². The number of hydrogen-bond acceptors (Lipinski definition) is 3. The van der Waals surface area contributed by atoms with E-state index >= 15 is 0 Å². The van der Waals surface area contributed by atoms with Gasteiger partial charge in [-0.3, -0.25) is 4.79 Å². The largest absolute Gasteiger partial charge is 0.453 e. The Morgan fingerprint density at radius 3 is 2.50 bits per heavy atom. The van der Waals surface area contributed by atoms with E-state index < -0.39 is 5.60 Å². The summed E-state index contributed by atoms with van der Waals surface area (Å²) < 4.78 is 5.58. The Labute approximate surface area is 116 Å². The second-order valence-corrected chi connectivity index (χ2v) is 5.22. The zero-order valence-electron chi connectivity index (χ0n) is 11.6. The third-order valence-electron chi connectivity index (χ3n) is 3.36. The molecule has 0 fully saturated rings. The topological polar surface area (TPSA) is 52.3 Å². The van der Waals surface area contributed by atoms with Crippen LogP contribution in [0.1, 0.15) is 34.1 Å². The highest BCUT2D eigenvalue weighted by molar-refractivity contribution is 5.85. The van der Waals surface area contributed by atoms with Crippen LogP contribution < -0.4 is 5.73 Å². The Morgan fingerprint density at radius 1 is 1.44 bits per heavy atom. The molecule has 0 amide bonds. The Hall–Kier alpha value is -0.800. The van der Waals surface area contributed by atoms with E-state index in [0.29, 0.717) is 5.92 Å². The minimum atomic E-state index is -0.523. The normalized spacial score (nSPS) is 22.7. The van der Waals surface area contributed by atoms with Crippen LogP contribution in [0.5, 0.6) is 0 Å². The molecule has 1 atom stereocenters. The summed E-state index contributed by atoms with van der Waals surface area (Å²) in [7, 11) is 0. The number of nitrogens with two attached hydrogens (primary N) is 1. The molecule has 1 rings (SSSR count). The molecule has 0 aromatic rings. The first-order chi connectivity index (χ1) is 7.91. The fourth-order valence-electron chi connectivity index (χ4n) is 2.01. The second-order valence-electron chi connectivity index (χ2n) is 5.22. The summed E-state index contributed by atoms with van der Waals surface area (Å²) >= 11 is 0. The Bertz CT molecular complexity index is 348. The summed E-state index contributed by atoms with van der Waals surface area (Å²) in [6.45, 7) is 8.37. The molecule has 0 aliphatic heterocycles. The van der Waals surface area contributed by atoms with E-state index in [1.165, 1.54) is 5.57 Å². The van der Waals surface area contributed by atoms with Gasteiger partial charge >= 0.3 is 5.97 Å². The lowest BCUT2D eigenvalue weighted by Gasteiger charge is -2.37. The van der Waals surface area contributed by atoms with Gasteiger partial charge in [0.25, 0.3) is 0 Å². The van der Waals surface area contributed by atoms with Crippen molar-refractivity contribution in [3.8, 4) is 0 Å². The van der Waals surface area contributed by atoms with Gasteiger partial charge in [-0.05, 0) is 17.9 Å². The molecule has 18 heavy (non-hydrogen) atoms. The van der Waals surface area contributed by atoms with Crippen molar-refractivity contribution in [1.29, 1.82) is 0 Å². The van der Waals surface area contributed by atoms with Gasteiger partial charge in [-0.15, -0.1) is 12.4 Å². The number of carbonyl (C=O) groups is 1. The molecule has 2 N–H and O–H groups in total. The molecule has 0 heterocycles. The van der Waals surface area contributed by atoms with E-state index in [4.69, 9.17) is 10.5 Å². The number of rotatable bonds is 4. The lowest BCUT2D eigenvalue weighted by molar-refractivity contribution is -0.157. The average Bonchev–Trinajstić information content (AvgIpc) is 2.28. The predicted molar refractivity (Wildman–Crippen MR) is 76.6 cm³/mol. The number of ether oxygens (including phenoxy) is 1. The quantitative estimate of drug-likeness (QED) is 0.802. The molecule has 0 spiro atoms. The van der Waals surface area contributed by atoms with Gasteiger partial charge in [0.1, 0.15) is 5.60 Å². The fraction of sp³-hybridized carbons (Fsp3) is 0.643. The van der Waals surface area contributed by atoms with Crippen LogP contribution in [0.2, 0.25) is 0 Å². The minimum absolute atomic E-state index is 0. The third-order valence-corrected chi connectivity index (χ3v) is 3.36. The van der Waals surface area contributed by atoms with E-state index in [-0.39, 0.29) is 30.8 Å². The van der Waals surface area contributed by atoms with Crippen molar-refractivity contribution < 1.29 is 9.53 Å². The first kappa shape index (κ1) is 17.2. The highest BCUT2D eigenvalue weighted by Gasteiger charge is 2.37. The van der Waals surface area contributed by atoms with E-state index in [9.17, 15) is 4.79 Å². The second kappa shape index (κ2) is 6.95. The zero-order valence-corrected chi connectivity index (χ0v) is 12.4. The van der Waals surface area contributed by atoms with Crippen molar-refractivity contribution in [3.63, 3.8) is 0 Å². The smallest absolute Gasteiger partial charge is 0.320 e. The molecular weight excluding hydrogens is 250 g/mol. The van der Waals surface area contributed by atoms with Crippen molar-refractivity contribution in [2.75, 3.05) is 6.54 Å². The monoisotopic (exact) mass is 273 g/mol. The molecule has 0 bridgehead atoms. The SMILES string of the molecule is CC(C)C1=CC=CC(OC(=O)CN)(C(C)C)C1.Cl. The summed E-state index contributed by atoms with van der Waals surface area (Å²) in [6, 6.07) is 0. The first-order valence-corrected chi connectivity index (χ1v) is 6.21. The molecule has 0 aromatic heterocycles. The van der Waals surface area contributed by atoms with Gasteiger partial charge in [0.05, 0.1) is 6.54 Å². The third kappa shape index (κ3) is 3.85. The first-order valence-electron chi connectivity index (χ1n) is 6.21. The van der Waals surface area contributed by atoms with Crippen LogP contribution in [-0.2, 0) is 9.53 Å². The maximum Gasteiger partial charge on any atom is 0.320 e. The Balaban J connectivity index is 0.00000289. The van der Waals surface area contributed by atoms with E-state index in [1.807, 2.05) is 12.2 Å². The maximum absolute atomic E-state index is 11.5. The number of hydrogen-bond donors (Lipinski definition) is 1. The molecule has 0 saturated carbocycles. The lowest BCUT2D eigenvalue weighted by atomic mass is 9.78. The molecule has 3 nitrogen and oxygen atoms in total. The maximum atomic E-state index is 11.5. The lowest BCUT2D eigenvalue weighted by Crippen LogP contribution is -2.42. The number of esters is 1. The van der Waals surface area contributed by atoms with Gasteiger partial charge in [-0.25, -0.2) is 0 Å². The predicted octanol–water partition coefficient (Wildman–Crippen LogP) is 2.85. The Kier molecular flexibility index (Phi) is 6.64. The summed E-state index contributed by atoms with van der Waals surface area (Å²) in [5.41, 5.74) is 6.12. The average molecular weight is 274 g/mol. The van der Waals surface area contributed by atoms with Crippen molar-refractivity contribution >= 4 is 18.4 Å². The molecule has 0 saturated heterocycles. The van der Waals surface area contributed by atoms with Gasteiger partial charge in [-0.2, -0.15) is 0 Å². The number of carbonyl (C=O) groups excluding carboxylic acids is 1. The van der Waals surface area contributed by atoms with E-state index in [0.717, 1.165) is 6.42 Å². The van der Waals surface area contributed by atoms with Gasteiger partial charge in [-0.1, -0.05) is 45.4 Å². The van der Waals surface area contributed by atoms with Crippen LogP contribution in [0.25, 0.3) is 0 Å². The fourth-order valence-corrected chi connectivity index (χ4v) is 2.01. The molecule has 1 aliphatic rings. The highest BCUT2D eigenvalue weighted by Crippen LogP contribution is 2.36. The number of allylic oxidation sites excluding steroid dienone is 2. The molecule has 104 valence electrons. The van der Waals surface area contributed by atoms with Crippen molar-refractivity contribution in [3.05, 3.63) is 23.8 Å². The molecule has 0 aromatic carbocycles. The summed E-state index contributed by atoms with van der Waals surface area (Å²) in [5, 5.41) is 0. The van der Waals surface area contributed by atoms with Crippen LogP contribution in [0.15, 0.2) is 23.8 Å². The summed E-state index contributed by atoms with van der Waals surface area (Å²) in [4.78, 5) is 11.5. The minimum Gasteiger partial charge on any atom is -0.453 e. The van der Waals surface area contributed by atoms with E-state index in [1.54, 1.807) is 0 Å². The van der Waals surface area contributed by atoms with Crippen molar-refractivity contribution in [1.82, 2.24) is 0 Å². The van der Waals surface area contributed by atoms with Crippen LogP contribution in [-0.4, -0.2) is 18.1 Å². The zero-order chi connectivity index (χ0) is 13.1.